The molecule has 2 N–H and O–H groups in total. The van der Waals surface area contributed by atoms with Crippen LogP contribution in [0.2, 0.25) is 0 Å². The summed E-state index contributed by atoms with van der Waals surface area (Å²) in [7, 11) is 3.10. The molecule has 2 aromatic carbocycles. The summed E-state index contributed by atoms with van der Waals surface area (Å²) in [6, 6.07) is 10.7. The van der Waals surface area contributed by atoms with Gasteiger partial charge < -0.3 is 24.5 Å². The van der Waals surface area contributed by atoms with Crippen LogP contribution in [0.25, 0.3) is 21.9 Å². The molecule has 0 bridgehead atoms. The third-order valence-electron chi connectivity index (χ3n) is 5.11. The average molecular weight is 436 g/mol. The van der Waals surface area contributed by atoms with Gasteiger partial charge in [0.1, 0.15) is 16.8 Å². The van der Waals surface area contributed by atoms with Gasteiger partial charge in [0.15, 0.2) is 11.5 Å². The topological polar surface area (TPSA) is 107 Å². The SMILES string of the molecule is CCOc1ccc(NC(=O)CCn2cnc3c([nH]c4cc(OC)c(OC)cc43)c2=O)cc1. The summed E-state index contributed by atoms with van der Waals surface area (Å²) in [5.74, 6) is 1.65. The van der Waals surface area contributed by atoms with E-state index in [2.05, 4.69) is 15.3 Å². The molecular formula is C23H24N4O5. The van der Waals surface area contributed by atoms with Crippen molar-refractivity contribution in [3.05, 3.63) is 53.1 Å². The quantitative estimate of drug-likeness (QED) is 0.439. The van der Waals surface area contributed by atoms with Crippen molar-refractivity contribution >= 4 is 33.5 Å². The van der Waals surface area contributed by atoms with Crippen LogP contribution < -0.4 is 25.1 Å². The van der Waals surface area contributed by atoms with Crippen molar-refractivity contribution in [1.29, 1.82) is 0 Å². The number of nitrogens with zero attached hydrogens (tertiary/aromatic N) is 2. The summed E-state index contributed by atoms with van der Waals surface area (Å²) in [6.45, 7) is 2.69. The fourth-order valence-corrected chi connectivity index (χ4v) is 3.53. The fourth-order valence-electron chi connectivity index (χ4n) is 3.53. The first kappa shape index (κ1) is 21.2. The third-order valence-corrected chi connectivity index (χ3v) is 5.11. The van der Waals surface area contributed by atoms with Gasteiger partial charge in [0.2, 0.25) is 5.91 Å². The highest BCUT2D eigenvalue weighted by molar-refractivity contribution is 6.05. The number of methoxy groups -OCH3 is 2. The number of aryl methyl sites for hydroxylation is 1. The number of fused-ring (bicyclic) bond motifs is 3. The molecule has 0 radical (unpaired) electrons. The second kappa shape index (κ2) is 9.01. The molecule has 0 aliphatic rings. The number of ether oxygens (including phenoxy) is 3. The molecule has 4 aromatic rings. The zero-order valence-corrected chi connectivity index (χ0v) is 18.1. The molecule has 0 spiro atoms. The van der Waals surface area contributed by atoms with Crippen LogP contribution in [-0.2, 0) is 11.3 Å². The number of aromatic nitrogens is 3. The lowest BCUT2D eigenvalue weighted by Crippen LogP contribution is -2.23. The number of anilines is 1. The number of benzene rings is 2. The number of H-pyrrole nitrogens is 1. The first-order chi connectivity index (χ1) is 15.5. The summed E-state index contributed by atoms with van der Waals surface area (Å²) in [5, 5.41) is 3.58. The van der Waals surface area contributed by atoms with E-state index in [1.54, 1.807) is 50.6 Å². The van der Waals surface area contributed by atoms with Gasteiger partial charge in [-0.25, -0.2) is 4.98 Å². The molecule has 0 aliphatic heterocycles. The minimum absolute atomic E-state index is 0.127. The first-order valence-corrected chi connectivity index (χ1v) is 10.2. The second-order valence-corrected chi connectivity index (χ2v) is 7.10. The number of carbonyl (C=O) groups excluding carboxylic acids is 1. The van der Waals surface area contributed by atoms with Crippen LogP contribution in [0, 0.1) is 0 Å². The van der Waals surface area contributed by atoms with Crippen molar-refractivity contribution in [2.45, 2.75) is 19.9 Å². The van der Waals surface area contributed by atoms with Crippen LogP contribution >= 0.6 is 0 Å². The van der Waals surface area contributed by atoms with E-state index in [1.165, 1.54) is 10.9 Å². The molecule has 0 unspecified atom stereocenters. The van der Waals surface area contributed by atoms with Gasteiger partial charge in [0, 0.05) is 30.1 Å². The smallest absolute Gasteiger partial charge is 0.277 e. The highest BCUT2D eigenvalue weighted by Crippen LogP contribution is 2.34. The predicted octanol–water partition coefficient (Wildman–Crippen LogP) is 3.32. The Bertz CT molecular complexity index is 1320. The minimum Gasteiger partial charge on any atom is -0.494 e. The monoisotopic (exact) mass is 436 g/mol. The number of hydrogen-bond donors (Lipinski definition) is 2. The number of carbonyl (C=O) groups is 1. The Morgan fingerprint density at radius 2 is 1.84 bits per heavy atom. The van der Waals surface area contributed by atoms with E-state index in [9.17, 15) is 9.59 Å². The van der Waals surface area contributed by atoms with E-state index in [-0.39, 0.29) is 24.4 Å². The molecule has 9 heteroatoms. The van der Waals surface area contributed by atoms with Gasteiger partial charge in [-0.1, -0.05) is 0 Å². The highest BCUT2D eigenvalue weighted by Gasteiger charge is 2.15. The average Bonchev–Trinajstić information content (AvgIpc) is 3.17. The van der Waals surface area contributed by atoms with E-state index in [0.29, 0.717) is 40.3 Å². The van der Waals surface area contributed by atoms with E-state index < -0.39 is 0 Å². The maximum absolute atomic E-state index is 13.0. The molecule has 0 fully saturated rings. The molecule has 166 valence electrons. The summed E-state index contributed by atoms with van der Waals surface area (Å²) >= 11 is 0. The molecule has 32 heavy (non-hydrogen) atoms. The van der Waals surface area contributed by atoms with Crippen molar-refractivity contribution < 1.29 is 19.0 Å². The Balaban J connectivity index is 1.52. The van der Waals surface area contributed by atoms with Crippen LogP contribution in [0.3, 0.4) is 0 Å². The summed E-state index contributed by atoms with van der Waals surface area (Å²) in [6.07, 6.45) is 1.58. The van der Waals surface area contributed by atoms with Gasteiger partial charge in [-0.15, -0.1) is 0 Å². The molecule has 0 saturated heterocycles. The molecular weight excluding hydrogens is 412 g/mol. The molecule has 0 aliphatic carbocycles. The predicted molar refractivity (Wildman–Crippen MR) is 122 cm³/mol. The van der Waals surface area contributed by atoms with Crippen LogP contribution in [-0.4, -0.2) is 41.3 Å². The lowest BCUT2D eigenvalue weighted by Gasteiger charge is -2.08. The molecule has 0 atom stereocenters. The molecule has 2 aromatic heterocycles. The second-order valence-electron chi connectivity index (χ2n) is 7.10. The highest BCUT2D eigenvalue weighted by atomic mass is 16.5. The van der Waals surface area contributed by atoms with Gasteiger partial charge in [0.25, 0.3) is 5.56 Å². The van der Waals surface area contributed by atoms with Crippen molar-refractivity contribution in [3.63, 3.8) is 0 Å². The van der Waals surface area contributed by atoms with Crippen LogP contribution in [0.1, 0.15) is 13.3 Å². The molecule has 2 heterocycles. The van der Waals surface area contributed by atoms with Crippen molar-refractivity contribution in [2.75, 3.05) is 26.1 Å². The summed E-state index contributed by atoms with van der Waals surface area (Å²) < 4.78 is 17.5. The normalized spacial score (nSPS) is 11.0. The van der Waals surface area contributed by atoms with E-state index >= 15 is 0 Å². The lowest BCUT2D eigenvalue weighted by molar-refractivity contribution is -0.116. The number of nitrogens with one attached hydrogen (secondary N) is 2. The van der Waals surface area contributed by atoms with Gasteiger partial charge in [0.05, 0.1) is 32.7 Å². The molecule has 1 amide bonds. The van der Waals surface area contributed by atoms with Crippen LogP contribution in [0.5, 0.6) is 17.2 Å². The third kappa shape index (κ3) is 4.09. The number of amides is 1. The Hall–Kier alpha value is -4.01. The maximum Gasteiger partial charge on any atom is 0.277 e. The number of hydrogen-bond acceptors (Lipinski definition) is 6. The molecule has 0 saturated carbocycles. The lowest BCUT2D eigenvalue weighted by atomic mass is 10.2. The van der Waals surface area contributed by atoms with Crippen LogP contribution in [0.15, 0.2) is 47.5 Å². The van der Waals surface area contributed by atoms with Crippen molar-refractivity contribution in [2.24, 2.45) is 0 Å². The van der Waals surface area contributed by atoms with E-state index in [1.807, 2.05) is 6.92 Å². The zero-order chi connectivity index (χ0) is 22.7. The Morgan fingerprint density at radius 1 is 1.12 bits per heavy atom. The van der Waals surface area contributed by atoms with Gasteiger partial charge in [-0.2, -0.15) is 0 Å². The maximum atomic E-state index is 13.0. The van der Waals surface area contributed by atoms with Crippen molar-refractivity contribution in [1.82, 2.24) is 14.5 Å². The van der Waals surface area contributed by atoms with Gasteiger partial charge in [-0.05, 0) is 37.3 Å². The van der Waals surface area contributed by atoms with Gasteiger partial charge >= 0.3 is 0 Å². The summed E-state index contributed by atoms with van der Waals surface area (Å²) in [4.78, 5) is 32.9. The molecule has 9 nitrogen and oxygen atoms in total. The number of aromatic amines is 1. The van der Waals surface area contributed by atoms with Crippen molar-refractivity contribution in [3.8, 4) is 17.2 Å². The Morgan fingerprint density at radius 3 is 2.53 bits per heavy atom. The summed E-state index contributed by atoms with van der Waals surface area (Å²) in [5.41, 5.74) is 2.04. The zero-order valence-electron chi connectivity index (χ0n) is 18.1. The van der Waals surface area contributed by atoms with Gasteiger partial charge in [-0.3, -0.25) is 14.2 Å². The minimum atomic E-state index is -0.252. The van der Waals surface area contributed by atoms with Crippen LogP contribution in [0.4, 0.5) is 5.69 Å². The Kier molecular flexibility index (Phi) is 5.98. The molecule has 4 rings (SSSR count). The van der Waals surface area contributed by atoms with E-state index in [4.69, 9.17) is 14.2 Å². The number of rotatable bonds is 8. The Labute approximate surface area is 183 Å². The first-order valence-electron chi connectivity index (χ1n) is 10.2. The standard InChI is InChI=1S/C23H24N4O5/c1-4-32-15-7-5-14(6-8-15)25-20(28)9-10-27-13-24-21-16-11-18(30-2)19(31-3)12-17(16)26-22(21)23(27)29/h5-8,11-13,26H,4,9-10H2,1-3H3,(H,25,28). The fraction of sp³-hybridized carbons (Fsp3) is 0.261. The largest absolute Gasteiger partial charge is 0.494 e. The van der Waals surface area contributed by atoms with E-state index in [0.717, 1.165) is 11.1 Å².